The molecule has 0 heterocycles. The van der Waals surface area contributed by atoms with E-state index >= 15 is 0 Å². The molecule has 3 aromatic carbocycles. The highest BCUT2D eigenvalue weighted by molar-refractivity contribution is 7.89. The third-order valence-electron chi connectivity index (χ3n) is 5.43. The number of carbonyl (C=O) groups is 2. The fourth-order valence-corrected chi connectivity index (χ4v) is 4.84. The van der Waals surface area contributed by atoms with Gasteiger partial charge in [0.1, 0.15) is 22.5 Å². The predicted octanol–water partition coefficient (Wildman–Crippen LogP) is 4.32. The Kier molecular flexibility index (Phi) is 9.76. The van der Waals surface area contributed by atoms with Gasteiger partial charge >= 0.3 is 5.97 Å². The van der Waals surface area contributed by atoms with Crippen molar-refractivity contribution in [2.75, 3.05) is 19.0 Å². The minimum Gasteiger partial charge on any atom is -0.495 e. The van der Waals surface area contributed by atoms with Crippen molar-refractivity contribution in [3.05, 3.63) is 89.7 Å². The molecule has 196 valence electrons. The molecule has 0 spiro atoms. The molecule has 1 unspecified atom stereocenters. The van der Waals surface area contributed by atoms with Crippen molar-refractivity contribution in [3.63, 3.8) is 0 Å². The number of nitrogens with one attached hydrogen (secondary N) is 2. The number of ether oxygens (including phenoxy) is 2. The van der Waals surface area contributed by atoms with Crippen LogP contribution >= 0.6 is 0 Å². The van der Waals surface area contributed by atoms with Gasteiger partial charge in [-0.15, -0.1) is 0 Å². The Bertz CT molecular complexity index is 1310. The van der Waals surface area contributed by atoms with Crippen LogP contribution in [0.3, 0.4) is 0 Å². The van der Waals surface area contributed by atoms with Gasteiger partial charge in [0.15, 0.2) is 0 Å². The van der Waals surface area contributed by atoms with Gasteiger partial charge in [-0.2, -0.15) is 4.72 Å². The van der Waals surface area contributed by atoms with Crippen molar-refractivity contribution < 1.29 is 31.9 Å². The van der Waals surface area contributed by atoms with Crippen LogP contribution in [0, 0.1) is 5.82 Å². The highest BCUT2D eigenvalue weighted by Crippen LogP contribution is 2.25. The zero-order valence-corrected chi connectivity index (χ0v) is 21.4. The van der Waals surface area contributed by atoms with Crippen LogP contribution < -0.4 is 14.8 Å². The van der Waals surface area contributed by atoms with Crippen LogP contribution in [0.4, 0.5) is 10.1 Å². The Balaban J connectivity index is 1.81. The summed E-state index contributed by atoms with van der Waals surface area (Å²) in [5.41, 5.74) is 1.39. The lowest BCUT2D eigenvalue weighted by molar-refractivity contribution is -0.117. The Labute approximate surface area is 215 Å². The topological polar surface area (TPSA) is 111 Å². The highest BCUT2D eigenvalue weighted by Gasteiger charge is 2.29. The summed E-state index contributed by atoms with van der Waals surface area (Å²) in [6.07, 6.45) is 1.70. The number of sulfonamides is 1. The maximum Gasteiger partial charge on any atom is 0.338 e. The molecule has 3 aromatic rings. The molecule has 8 nitrogen and oxygen atoms in total. The van der Waals surface area contributed by atoms with E-state index in [0.717, 1.165) is 25.0 Å². The molecular weight excluding hydrogens is 499 g/mol. The smallest absolute Gasteiger partial charge is 0.338 e. The van der Waals surface area contributed by atoms with E-state index in [1.165, 1.54) is 37.4 Å². The summed E-state index contributed by atoms with van der Waals surface area (Å²) in [6.45, 7) is 2.32. The minimum absolute atomic E-state index is 0.0331. The lowest BCUT2D eigenvalue weighted by atomic mass is 10.1. The molecule has 0 saturated heterocycles. The van der Waals surface area contributed by atoms with Crippen molar-refractivity contribution in [1.29, 1.82) is 0 Å². The Morgan fingerprint density at radius 2 is 1.70 bits per heavy atom. The molecule has 0 bridgehead atoms. The maximum atomic E-state index is 13.9. The Hall–Kier alpha value is -3.76. The average Bonchev–Trinajstić information content (AvgIpc) is 2.89. The summed E-state index contributed by atoms with van der Waals surface area (Å²) in [5.74, 6) is -1.93. The molecule has 10 heteroatoms. The van der Waals surface area contributed by atoms with Gasteiger partial charge < -0.3 is 14.8 Å². The van der Waals surface area contributed by atoms with E-state index in [9.17, 15) is 22.4 Å². The van der Waals surface area contributed by atoms with Crippen molar-refractivity contribution in [2.24, 2.45) is 0 Å². The third-order valence-corrected chi connectivity index (χ3v) is 6.92. The minimum atomic E-state index is -4.35. The lowest BCUT2D eigenvalue weighted by Gasteiger charge is -2.20. The van der Waals surface area contributed by atoms with E-state index in [1.54, 1.807) is 30.3 Å². The van der Waals surface area contributed by atoms with Crippen molar-refractivity contribution in [2.45, 2.75) is 37.1 Å². The molecule has 3 rings (SSSR count). The molecule has 0 aromatic heterocycles. The van der Waals surface area contributed by atoms with Gasteiger partial charge in [0, 0.05) is 5.69 Å². The van der Waals surface area contributed by atoms with E-state index in [-0.39, 0.29) is 12.2 Å². The van der Waals surface area contributed by atoms with Gasteiger partial charge in [-0.1, -0.05) is 43.7 Å². The zero-order chi connectivity index (χ0) is 26.8. The highest BCUT2D eigenvalue weighted by atomic mass is 32.2. The van der Waals surface area contributed by atoms with Crippen molar-refractivity contribution in [1.82, 2.24) is 4.72 Å². The van der Waals surface area contributed by atoms with Gasteiger partial charge in [-0.05, 0) is 60.9 Å². The molecule has 0 saturated carbocycles. The fraction of sp³-hybridized carbons (Fsp3) is 0.259. The number of esters is 1. The van der Waals surface area contributed by atoms with E-state index in [1.807, 2.05) is 6.92 Å². The monoisotopic (exact) mass is 528 g/mol. The van der Waals surface area contributed by atoms with Gasteiger partial charge in [0.2, 0.25) is 15.9 Å². The van der Waals surface area contributed by atoms with Gasteiger partial charge in [-0.3, -0.25) is 4.79 Å². The molecule has 0 aliphatic rings. The average molecular weight is 529 g/mol. The van der Waals surface area contributed by atoms with Gasteiger partial charge in [-0.25, -0.2) is 17.6 Å². The normalized spacial score (nSPS) is 12.0. The second-order valence-corrected chi connectivity index (χ2v) is 9.90. The second-order valence-electron chi connectivity index (χ2n) is 8.21. The van der Waals surface area contributed by atoms with E-state index in [4.69, 9.17) is 9.47 Å². The van der Waals surface area contributed by atoms with Crippen LogP contribution in [0.15, 0.2) is 77.7 Å². The summed E-state index contributed by atoms with van der Waals surface area (Å²) in [7, 11) is -3.08. The first-order valence-electron chi connectivity index (χ1n) is 11.7. The lowest BCUT2D eigenvalue weighted by Crippen LogP contribution is -2.45. The molecule has 0 radical (unpaired) electrons. The molecule has 37 heavy (non-hydrogen) atoms. The molecule has 2 N–H and O–H groups in total. The number of hydrogen-bond donors (Lipinski definition) is 2. The van der Waals surface area contributed by atoms with Crippen LogP contribution in [0.2, 0.25) is 0 Å². The fourth-order valence-electron chi connectivity index (χ4n) is 3.46. The molecule has 1 amide bonds. The summed E-state index contributed by atoms with van der Waals surface area (Å²) in [6, 6.07) is 16.8. The summed E-state index contributed by atoms with van der Waals surface area (Å²) in [4.78, 5) is 24.9. The quantitative estimate of drug-likeness (QED) is 0.268. The SMILES string of the molecule is CCCCOC(=O)c1ccc(NC(=O)C(Cc2ccccc2)NS(=O)(=O)c2cc(F)ccc2OC)cc1. The summed E-state index contributed by atoms with van der Waals surface area (Å²) >= 11 is 0. The van der Waals surface area contributed by atoms with Crippen LogP contribution in [0.25, 0.3) is 0 Å². The molecule has 0 aliphatic heterocycles. The Morgan fingerprint density at radius 1 is 1.00 bits per heavy atom. The second kappa shape index (κ2) is 13.0. The molecular formula is C27H29FN2O6S. The van der Waals surface area contributed by atoms with E-state index in [0.29, 0.717) is 23.4 Å². The van der Waals surface area contributed by atoms with Crippen molar-refractivity contribution >= 4 is 27.6 Å². The molecule has 0 aliphatic carbocycles. The van der Waals surface area contributed by atoms with Crippen LogP contribution in [-0.2, 0) is 26.0 Å². The van der Waals surface area contributed by atoms with Crippen LogP contribution in [0.1, 0.15) is 35.7 Å². The van der Waals surface area contributed by atoms with Crippen molar-refractivity contribution in [3.8, 4) is 5.75 Å². The number of carbonyl (C=O) groups excluding carboxylic acids is 2. The number of unbranched alkanes of at least 4 members (excludes halogenated alkanes) is 1. The number of rotatable bonds is 12. The number of methoxy groups -OCH3 is 1. The number of hydrogen-bond acceptors (Lipinski definition) is 6. The first-order valence-corrected chi connectivity index (χ1v) is 13.2. The Morgan fingerprint density at radius 3 is 2.35 bits per heavy atom. The molecule has 0 fully saturated rings. The van der Waals surface area contributed by atoms with Gasteiger partial charge in [0.25, 0.3) is 0 Å². The first kappa shape index (κ1) is 27.8. The van der Waals surface area contributed by atoms with Crippen LogP contribution in [-0.4, -0.2) is 40.1 Å². The largest absolute Gasteiger partial charge is 0.495 e. The predicted molar refractivity (Wildman–Crippen MR) is 137 cm³/mol. The van der Waals surface area contributed by atoms with E-state index in [2.05, 4.69) is 10.0 Å². The molecule has 1 atom stereocenters. The number of anilines is 1. The standard InChI is InChI=1S/C27H29FN2O6S/c1-3-4-16-36-27(32)20-10-13-22(14-11-20)29-26(31)23(17-19-8-6-5-7-9-19)30-37(33,34)25-18-21(28)12-15-24(25)35-2/h5-15,18,23,30H,3-4,16-17H2,1-2H3,(H,29,31). The third kappa shape index (κ3) is 7.86. The summed E-state index contributed by atoms with van der Waals surface area (Å²) in [5, 5.41) is 2.67. The maximum absolute atomic E-state index is 13.9. The van der Waals surface area contributed by atoms with Gasteiger partial charge in [0.05, 0.1) is 19.3 Å². The van der Waals surface area contributed by atoms with Crippen LogP contribution in [0.5, 0.6) is 5.75 Å². The number of halogens is 1. The first-order chi connectivity index (χ1) is 17.7. The number of benzene rings is 3. The summed E-state index contributed by atoms with van der Waals surface area (Å²) < 4.78 is 52.8. The zero-order valence-electron chi connectivity index (χ0n) is 20.6. The number of amides is 1. The van der Waals surface area contributed by atoms with E-state index < -0.39 is 38.7 Å².